The molecule has 0 unspecified atom stereocenters. The maximum Gasteiger partial charge on any atom is 0.368 e. The van der Waals surface area contributed by atoms with Crippen LogP contribution in [-0.2, 0) is 13.7 Å². The van der Waals surface area contributed by atoms with Crippen molar-refractivity contribution in [2.24, 2.45) is 7.05 Å². The molecule has 0 amide bonds. The molecule has 0 radical (unpaired) electrons. The van der Waals surface area contributed by atoms with E-state index in [9.17, 15) is 9.18 Å². The van der Waals surface area contributed by atoms with Gasteiger partial charge in [0.15, 0.2) is 0 Å². The number of hydrogen-bond acceptors (Lipinski definition) is 5. The van der Waals surface area contributed by atoms with Crippen molar-refractivity contribution in [3.05, 3.63) is 87.2 Å². The van der Waals surface area contributed by atoms with Crippen molar-refractivity contribution in [2.75, 3.05) is 0 Å². The zero-order valence-electron chi connectivity index (χ0n) is 17.8. The molecule has 0 aliphatic heterocycles. The fourth-order valence-corrected chi connectivity index (χ4v) is 3.48. The topological polar surface area (TPSA) is 74.8 Å². The van der Waals surface area contributed by atoms with Gasteiger partial charge in [-0.05, 0) is 77.7 Å². The summed E-state index contributed by atoms with van der Waals surface area (Å²) in [6.45, 7) is 6.06. The van der Waals surface area contributed by atoms with E-state index in [2.05, 4.69) is 15.4 Å². The number of benzene rings is 2. The molecule has 0 spiro atoms. The fourth-order valence-electron chi connectivity index (χ4n) is 3.48. The fraction of sp³-hybridized carbons (Fsp3) is 0.217. The van der Waals surface area contributed by atoms with Gasteiger partial charge in [-0.1, -0.05) is 18.2 Å². The molecule has 0 N–H and O–H groups in total. The third-order valence-electron chi connectivity index (χ3n) is 5.21. The maximum absolute atomic E-state index is 14.2. The highest BCUT2D eigenvalue weighted by atomic mass is 19.1. The molecule has 0 saturated carbocycles. The summed E-state index contributed by atoms with van der Waals surface area (Å²) in [7, 11) is 1.54. The summed E-state index contributed by atoms with van der Waals surface area (Å²) in [6, 6.07) is 12.4. The van der Waals surface area contributed by atoms with Gasteiger partial charge in [0.1, 0.15) is 29.6 Å². The van der Waals surface area contributed by atoms with Crippen LogP contribution in [0.4, 0.5) is 4.39 Å². The Bertz CT molecular complexity index is 1330. The number of rotatable bonds is 5. The summed E-state index contributed by atoms with van der Waals surface area (Å²) >= 11 is 0. The molecule has 8 heteroatoms. The van der Waals surface area contributed by atoms with Gasteiger partial charge < -0.3 is 4.74 Å². The summed E-state index contributed by atoms with van der Waals surface area (Å²) < 4.78 is 22.7. The van der Waals surface area contributed by atoms with E-state index in [4.69, 9.17) is 4.74 Å². The van der Waals surface area contributed by atoms with Crippen molar-refractivity contribution in [3.8, 4) is 22.7 Å². The Hall–Kier alpha value is -3.81. The van der Waals surface area contributed by atoms with E-state index in [-0.39, 0.29) is 18.1 Å². The zero-order chi connectivity index (χ0) is 22.1. The minimum absolute atomic E-state index is 0.282. The first-order valence-electron chi connectivity index (χ1n) is 9.79. The molecule has 7 nitrogen and oxygen atoms in total. The first-order chi connectivity index (χ1) is 14.9. The molecule has 4 aromatic rings. The van der Waals surface area contributed by atoms with Crippen LogP contribution in [0, 0.1) is 26.6 Å². The number of ether oxygens (including phenoxy) is 1. The SMILES string of the molecule is Cc1cc(-c2ncccc2F)c(C)cc1COc1c(C)cccc1-n1nnn(C)c1=O. The van der Waals surface area contributed by atoms with E-state index in [0.29, 0.717) is 17.1 Å². The van der Waals surface area contributed by atoms with Gasteiger partial charge in [0.2, 0.25) is 0 Å². The molecule has 0 atom stereocenters. The summed E-state index contributed by atoms with van der Waals surface area (Å²) in [6.07, 6.45) is 1.58. The van der Waals surface area contributed by atoms with Crippen LogP contribution in [0.3, 0.4) is 0 Å². The quantitative estimate of drug-likeness (QED) is 0.493. The van der Waals surface area contributed by atoms with Gasteiger partial charge in [-0.3, -0.25) is 4.98 Å². The van der Waals surface area contributed by atoms with Crippen molar-refractivity contribution in [1.29, 1.82) is 0 Å². The van der Waals surface area contributed by atoms with Crippen LogP contribution in [-0.4, -0.2) is 24.8 Å². The van der Waals surface area contributed by atoms with Gasteiger partial charge in [-0.25, -0.2) is 9.18 Å². The minimum Gasteiger partial charge on any atom is -0.486 e. The number of aromatic nitrogens is 5. The summed E-state index contributed by atoms with van der Waals surface area (Å²) in [5, 5.41) is 7.70. The number of tetrazole rings is 1. The number of hydrogen-bond donors (Lipinski definition) is 0. The largest absolute Gasteiger partial charge is 0.486 e. The van der Waals surface area contributed by atoms with E-state index in [1.165, 1.54) is 10.7 Å². The number of para-hydroxylation sites is 1. The number of nitrogens with zero attached hydrogens (tertiary/aromatic N) is 5. The van der Waals surface area contributed by atoms with Gasteiger partial charge >= 0.3 is 5.69 Å². The summed E-state index contributed by atoms with van der Waals surface area (Å²) in [5.41, 5.74) is 4.94. The van der Waals surface area contributed by atoms with Crippen LogP contribution in [0.25, 0.3) is 16.9 Å². The molecule has 0 bridgehead atoms. The molecule has 0 aliphatic carbocycles. The van der Waals surface area contributed by atoms with Crippen molar-refractivity contribution in [3.63, 3.8) is 0 Å². The second-order valence-corrected chi connectivity index (χ2v) is 7.44. The monoisotopic (exact) mass is 419 g/mol. The van der Waals surface area contributed by atoms with Crippen LogP contribution in [0.5, 0.6) is 5.75 Å². The van der Waals surface area contributed by atoms with Crippen LogP contribution < -0.4 is 10.4 Å². The second-order valence-electron chi connectivity index (χ2n) is 7.44. The van der Waals surface area contributed by atoms with Gasteiger partial charge in [-0.15, -0.1) is 0 Å². The second kappa shape index (κ2) is 8.14. The Balaban J connectivity index is 1.67. The van der Waals surface area contributed by atoms with Gasteiger partial charge in [-0.2, -0.15) is 9.36 Å². The predicted octanol–water partition coefficient (Wildman–Crippen LogP) is 3.67. The van der Waals surface area contributed by atoms with Gasteiger partial charge in [0.05, 0.1) is 0 Å². The molecular formula is C23H22FN5O2. The van der Waals surface area contributed by atoms with Crippen molar-refractivity contribution < 1.29 is 9.13 Å². The molecule has 4 rings (SSSR count). The third kappa shape index (κ3) is 3.84. The predicted molar refractivity (Wildman–Crippen MR) is 115 cm³/mol. The van der Waals surface area contributed by atoms with Crippen LogP contribution in [0.2, 0.25) is 0 Å². The lowest BCUT2D eigenvalue weighted by Gasteiger charge is -2.16. The minimum atomic E-state index is -0.357. The number of halogens is 1. The molecule has 2 aromatic heterocycles. The number of pyridine rings is 1. The van der Waals surface area contributed by atoms with Crippen LogP contribution in [0.15, 0.2) is 53.5 Å². The van der Waals surface area contributed by atoms with E-state index in [0.717, 1.165) is 32.5 Å². The molecule has 2 heterocycles. The maximum atomic E-state index is 14.2. The van der Waals surface area contributed by atoms with Gasteiger partial charge in [0, 0.05) is 18.8 Å². The molecule has 0 aliphatic rings. The lowest BCUT2D eigenvalue weighted by atomic mass is 9.97. The molecule has 31 heavy (non-hydrogen) atoms. The Kier molecular flexibility index (Phi) is 5.37. The summed E-state index contributed by atoms with van der Waals surface area (Å²) in [4.78, 5) is 16.5. The Morgan fingerprint density at radius 1 is 1.00 bits per heavy atom. The van der Waals surface area contributed by atoms with E-state index < -0.39 is 0 Å². The normalized spacial score (nSPS) is 11.0. The molecule has 0 saturated heterocycles. The van der Waals surface area contributed by atoms with Crippen LogP contribution in [0.1, 0.15) is 22.3 Å². The smallest absolute Gasteiger partial charge is 0.368 e. The Morgan fingerprint density at radius 3 is 2.52 bits per heavy atom. The van der Waals surface area contributed by atoms with E-state index >= 15 is 0 Å². The third-order valence-corrected chi connectivity index (χ3v) is 5.21. The summed E-state index contributed by atoms with van der Waals surface area (Å²) in [5.74, 6) is 0.204. The van der Waals surface area contributed by atoms with Crippen molar-refractivity contribution in [1.82, 2.24) is 24.8 Å². The van der Waals surface area contributed by atoms with E-state index in [1.807, 2.05) is 45.0 Å². The molecular weight excluding hydrogens is 397 g/mol. The molecule has 0 fully saturated rings. The van der Waals surface area contributed by atoms with Crippen LogP contribution >= 0.6 is 0 Å². The molecule has 158 valence electrons. The lowest BCUT2D eigenvalue weighted by Crippen LogP contribution is -2.22. The average molecular weight is 419 g/mol. The van der Waals surface area contributed by atoms with E-state index in [1.54, 1.807) is 25.4 Å². The van der Waals surface area contributed by atoms with Crippen molar-refractivity contribution in [2.45, 2.75) is 27.4 Å². The van der Waals surface area contributed by atoms with Crippen molar-refractivity contribution >= 4 is 0 Å². The highest BCUT2D eigenvalue weighted by Gasteiger charge is 2.16. The highest BCUT2D eigenvalue weighted by molar-refractivity contribution is 5.66. The zero-order valence-corrected chi connectivity index (χ0v) is 17.8. The lowest BCUT2D eigenvalue weighted by molar-refractivity contribution is 0.301. The van der Waals surface area contributed by atoms with Gasteiger partial charge in [0.25, 0.3) is 0 Å². The number of aryl methyl sites for hydroxylation is 4. The Morgan fingerprint density at radius 2 is 1.81 bits per heavy atom. The first kappa shape index (κ1) is 20.5. The molecule has 2 aromatic carbocycles. The first-order valence-corrected chi connectivity index (χ1v) is 9.79. The standard InChI is InChI=1S/C23H22FN5O2/c1-14-7-5-9-20(29-23(30)28(4)26-27-29)22(14)31-13-17-11-16(3)18(12-15(17)2)21-19(24)8-6-10-25-21/h5-12H,13H2,1-4H3. The average Bonchev–Trinajstić information content (AvgIpc) is 3.08. The Labute approximate surface area is 178 Å². The highest BCUT2D eigenvalue weighted by Crippen LogP contribution is 2.30.